The van der Waals surface area contributed by atoms with Gasteiger partial charge in [0.05, 0.1) is 22.5 Å². The molecule has 134 valence electrons. The fourth-order valence-corrected chi connectivity index (χ4v) is 3.74. The van der Waals surface area contributed by atoms with Gasteiger partial charge < -0.3 is 0 Å². The highest BCUT2D eigenvalue weighted by molar-refractivity contribution is 7.22. The van der Waals surface area contributed by atoms with Crippen molar-refractivity contribution in [3.8, 4) is 0 Å². The largest absolute Gasteiger partial charge is 0.278 e. The number of nitrogens with zero attached hydrogens (tertiary/aromatic N) is 3. The van der Waals surface area contributed by atoms with Crippen LogP contribution >= 0.6 is 22.9 Å². The Morgan fingerprint density at radius 1 is 1.11 bits per heavy atom. The lowest BCUT2D eigenvalue weighted by Crippen LogP contribution is -2.30. The van der Waals surface area contributed by atoms with Crippen molar-refractivity contribution in [1.82, 2.24) is 9.97 Å². The highest BCUT2D eigenvalue weighted by Crippen LogP contribution is 2.31. The molecule has 2 heterocycles. The first-order valence-corrected chi connectivity index (χ1v) is 9.33. The van der Waals surface area contributed by atoms with E-state index in [1.165, 1.54) is 23.5 Å². The molecule has 0 aliphatic carbocycles. The molecule has 7 heteroatoms. The maximum absolute atomic E-state index is 13.5. The molecule has 2 aromatic carbocycles. The molecule has 0 saturated heterocycles. The SMILES string of the molecule is O=C(c1ccc(Cl)cc1)N(Cc1ccccn1)c1nc2ccc(F)cc2s1. The van der Waals surface area contributed by atoms with Gasteiger partial charge in [0.2, 0.25) is 0 Å². The number of hydrogen-bond donors (Lipinski definition) is 0. The Morgan fingerprint density at radius 3 is 2.67 bits per heavy atom. The molecule has 0 bridgehead atoms. The van der Waals surface area contributed by atoms with Crippen LogP contribution in [0.5, 0.6) is 0 Å². The molecule has 0 saturated carbocycles. The van der Waals surface area contributed by atoms with E-state index in [1.807, 2.05) is 18.2 Å². The van der Waals surface area contributed by atoms with Crippen LogP contribution in [0.25, 0.3) is 10.2 Å². The van der Waals surface area contributed by atoms with E-state index < -0.39 is 0 Å². The fraction of sp³-hybridized carbons (Fsp3) is 0.0500. The first-order valence-electron chi connectivity index (χ1n) is 8.13. The van der Waals surface area contributed by atoms with E-state index in [-0.39, 0.29) is 18.3 Å². The third-order valence-corrected chi connectivity index (χ3v) is 5.25. The second-order valence-corrected chi connectivity index (χ2v) is 7.27. The van der Waals surface area contributed by atoms with E-state index in [0.29, 0.717) is 25.9 Å². The van der Waals surface area contributed by atoms with Gasteiger partial charge in [0.15, 0.2) is 5.13 Å². The molecule has 27 heavy (non-hydrogen) atoms. The average molecular weight is 398 g/mol. The van der Waals surface area contributed by atoms with Gasteiger partial charge in [-0.1, -0.05) is 29.0 Å². The maximum Gasteiger partial charge on any atom is 0.260 e. The van der Waals surface area contributed by atoms with E-state index >= 15 is 0 Å². The van der Waals surface area contributed by atoms with Gasteiger partial charge in [-0.15, -0.1) is 0 Å². The number of pyridine rings is 1. The van der Waals surface area contributed by atoms with Gasteiger partial charge >= 0.3 is 0 Å². The molecule has 0 aliphatic rings. The Morgan fingerprint density at radius 2 is 1.93 bits per heavy atom. The summed E-state index contributed by atoms with van der Waals surface area (Å²) in [6.45, 7) is 0.255. The fourth-order valence-electron chi connectivity index (χ4n) is 2.63. The monoisotopic (exact) mass is 397 g/mol. The van der Waals surface area contributed by atoms with Crippen LogP contribution in [0, 0.1) is 5.82 Å². The molecular weight excluding hydrogens is 385 g/mol. The van der Waals surface area contributed by atoms with Crippen LogP contribution < -0.4 is 4.90 Å². The molecule has 0 N–H and O–H groups in total. The van der Waals surface area contributed by atoms with Crippen LogP contribution in [0.1, 0.15) is 16.1 Å². The van der Waals surface area contributed by atoms with E-state index in [2.05, 4.69) is 9.97 Å². The number of amides is 1. The van der Waals surface area contributed by atoms with Crippen molar-refractivity contribution < 1.29 is 9.18 Å². The molecule has 0 unspecified atom stereocenters. The molecule has 0 atom stereocenters. The standard InChI is InChI=1S/C20H13ClFN3OS/c21-14-6-4-13(5-7-14)19(26)25(12-16-3-1-2-10-23-16)20-24-17-9-8-15(22)11-18(17)27-20/h1-11H,12H2. The van der Waals surface area contributed by atoms with Crippen molar-refractivity contribution in [2.75, 3.05) is 4.90 Å². The van der Waals surface area contributed by atoms with E-state index in [4.69, 9.17) is 11.6 Å². The predicted molar refractivity (Wildman–Crippen MR) is 106 cm³/mol. The third-order valence-electron chi connectivity index (χ3n) is 3.95. The minimum atomic E-state index is -0.335. The van der Waals surface area contributed by atoms with Gasteiger partial charge in [-0.2, -0.15) is 0 Å². The Hall–Kier alpha value is -2.83. The number of benzene rings is 2. The lowest BCUT2D eigenvalue weighted by Gasteiger charge is -2.19. The Balaban J connectivity index is 1.76. The lowest BCUT2D eigenvalue weighted by molar-refractivity contribution is 0.0985. The van der Waals surface area contributed by atoms with Gasteiger partial charge in [-0.25, -0.2) is 9.37 Å². The number of halogens is 2. The molecular formula is C20H13ClFN3OS. The van der Waals surface area contributed by atoms with Crippen LogP contribution in [0.15, 0.2) is 66.9 Å². The minimum absolute atomic E-state index is 0.225. The number of hydrogen-bond acceptors (Lipinski definition) is 4. The number of thiazole rings is 1. The Bertz CT molecular complexity index is 1100. The van der Waals surface area contributed by atoms with Crippen molar-refractivity contribution in [1.29, 1.82) is 0 Å². The molecule has 0 spiro atoms. The van der Waals surface area contributed by atoms with Crippen LogP contribution in [-0.4, -0.2) is 15.9 Å². The van der Waals surface area contributed by atoms with Crippen LogP contribution in [0.2, 0.25) is 5.02 Å². The summed E-state index contributed by atoms with van der Waals surface area (Å²) in [5.41, 5.74) is 1.86. The summed E-state index contributed by atoms with van der Waals surface area (Å²) < 4.78 is 14.2. The summed E-state index contributed by atoms with van der Waals surface area (Å²) in [4.78, 5) is 23.5. The summed E-state index contributed by atoms with van der Waals surface area (Å²) in [5, 5.41) is 1.04. The second-order valence-electron chi connectivity index (χ2n) is 5.83. The zero-order valence-corrected chi connectivity index (χ0v) is 15.5. The van der Waals surface area contributed by atoms with Crippen LogP contribution in [0.3, 0.4) is 0 Å². The second kappa shape index (κ2) is 7.42. The van der Waals surface area contributed by atoms with Crippen molar-refractivity contribution in [2.45, 2.75) is 6.54 Å². The van der Waals surface area contributed by atoms with Crippen molar-refractivity contribution in [2.24, 2.45) is 0 Å². The molecule has 0 aliphatic heterocycles. The predicted octanol–water partition coefficient (Wildman–Crippen LogP) is 5.33. The third kappa shape index (κ3) is 3.82. The average Bonchev–Trinajstić information content (AvgIpc) is 3.10. The van der Waals surface area contributed by atoms with Crippen LogP contribution in [0.4, 0.5) is 9.52 Å². The quantitative estimate of drug-likeness (QED) is 0.467. The Kier molecular flexibility index (Phi) is 4.83. The smallest absolute Gasteiger partial charge is 0.260 e. The van der Waals surface area contributed by atoms with Gasteiger partial charge in [0, 0.05) is 16.8 Å². The topological polar surface area (TPSA) is 46.1 Å². The van der Waals surface area contributed by atoms with E-state index in [1.54, 1.807) is 41.4 Å². The van der Waals surface area contributed by atoms with Crippen LogP contribution in [-0.2, 0) is 6.54 Å². The van der Waals surface area contributed by atoms with Crippen molar-refractivity contribution in [3.63, 3.8) is 0 Å². The molecule has 1 amide bonds. The van der Waals surface area contributed by atoms with Gasteiger partial charge in [0.25, 0.3) is 5.91 Å². The first kappa shape index (κ1) is 17.6. The van der Waals surface area contributed by atoms with E-state index in [0.717, 1.165) is 5.69 Å². The van der Waals surface area contributed by atoms with E-state index in [9.17, 15) is 9.18 Å². The first-order chi connectivity index (χ1) is 13.1. The number of carbonyl (C=O) groups excluding carboxylic acids is 1. The molecule has 2 aromatic heterocycles. The number of fused-ring (bicyclic) bond motifs is 1. The lowest BCUT2D eigenvalue weighted by atomic mass is 10.2. The van der Waals surface area contributed by atoms with Gasteiger partial charge in [-0.3, -0.25) is 14.7 Å². The molecule has 0 fully saturated rings. The molecule has 4 aromatic rings. The Labute approximate surface area is 163 Å². The molecule has 0 radical (unpaired) electrons. The highest BCUT2D eigenvalue weighted by atomic mass is 35.5. The number of carbonyl (C=O) groups is 1. The molecule has 4 nitrogen and oxygen atoms in total. The number of rotatable bonds is 4. The summed E-state index contributed by atoms with van der Waals surface area (Å²) in [7, 11) is 0. The normalized spacial score (nSPS) is 10.9. The number of aromatic nitrogens is 2. The summed E-state index contributed by atoms with van der Waals surface area (Å²) in [6, 6.07) is 16.6. The molecule has 4 rings (SSSR count). The summed E-state index contributed by atoms with van der Waals surface area (Å²) >= 11 is 7.20. The minimum Gasteiger partial charge on any atom is -0.278 e. The van der Waals surface area contributed by atoms with Crippen molar-refractivity contribution in [3.05, 3.63) is 89.0 Å². The van der Waals surface area contributed by atoms with Gasteiger partial charge in [-0.05, 0) is 54.6 Å². The zero-order valence-electron chi connectivity index (χ0n) is 14.0. The van der Waals surface area contributed by atoms with Crippen molar-refractivity contribution >= 4 is 44.2 Å². The maximum atomic E-state index is 13.5. The summed E-state index contributed by atoms with van der Waals surface area (Å²) in [5.74, 6) is -0.560. The number of anilines is 1. The zero-order chi connectivity index (χ0) is 18.8. The summed E-state index contributed by atoms with van der Waals surface area (Å²) in [6.07, 6.45) is 1.67. The van der Waals surface area contributed by atoms with Gasteiger partial charge in [0.1, 0.15) is 5.82 Å². The highest BCUT2D eigenvalue weighted by Gasteiger charge is 2.22.